The van der Waals surface area contributed by atoms with Gasteiger partial charge in [0.2, 0.25) is 5.43 Å². The maximum absolute atomic E-state index is 13.2. The van der Waals surface area contributed by atoms with Crippen LogP contribution in [0.1, 0.15) is 33.2 Å². The molecule has 1 amide bonds. The predicted octanol–water partition coefficient (Wildman–Crippen LogP) is 4.55. The fraction of sp³-hybridized carbons (Fsp3) is 0.250. The van der Waals surface area contributed by atoms with Crippen molar-refractivity contribution in [2.45, 2.75) is 22.2 Å². The van der Waals surface area contributed by atoms with E-state index in [9.17, 15) is 27.9 Å². The molecule has 0 saturated heterocycles. The standard InChI is InChI=1S/C24H20F3N3O3S2/c25-24(26,27)35-12-11-28-14-30(29-10-9-18(31)22(32)21(29)23(28)33)20-16-6-2-1-5-15(16)13-34-19-8-4-3-7-17(19)20/h1-10,20,32H,11-14H2/t20-/m0/s1. The first kappa shape index (κ1) is 23.7. The van der Waals surface area contributed by atoms with Gasteiger partial charge in [-0.1, -0.05) is 42.5 Å². The van der Waals surface area contributed by atoms with E-state index in [4.69, 9.17) is 0 Å². The van der Waals surface area contributed by atoms with Gasteiger partial charge in [-0.2, -0.15) is 13.2 Å². The number of carbonyl (C=O) groups is 1. The predicted molar refractivity (Wildman–Crippen MR) is 129 cm³/mol. The highest BCUT2D eigenvalue weighted by atomic mass is 32.2. The third-order valence-corrected chi connectivity index (χ3v) is 7.86. The summed E-state index contributed by atoms with van der Waals surface area (Å²) in [6.07, 6.45) is 1.43. The number of aromatic nitrogens is 1. The lowest BCUT2D eigenvalue weighted by Gasteiger charge is -2.44. The molecule has 2 aliphatic rings. The first-order chi connectivity index (χ1) is 16.7. The van der Waals surface area contributed by atoms with Crippen LogP contribution in [-0.4, -0.2) is 45.1 Å². The molecule has 11 heteroatoms. The van der Waals surface area contributed by atoms with Crippen molar-refractivity contribution in [3.05, 3.63) is 93.4 Å². The van der Waals surface area contributed by atoms with Crippen molar-refractivity contribution in [1.82, 2.24) is 9.58 Å². The molecule has 2 aromatic carbocycles. The van der Waals surface area contributed by atoms with Crippen LogP contribution in [0, 0.1) is 0 Å². The van der Waals surface area contributed by atoms with Crippen LogP contribution >= 0.6 is 23.5 Å². The Hall–Kier alpha value is -3.05. The number of thioether (sulfide) groups is 2. The van der Waals surface area contributed by atoms with Crippen LogP contribution in [0.25, 0.3) is 0 Å². The minimum Gasteiger partial charge on any atom is -0.502 e. The molecule has 0 fully saturated rings. The number of hydrogen-bond donors (Lipinski definition) is 1. The lowest BCUT2D eigenvalue weighted by Crippen LogP contribution is -2.56. The number of halogens is 3. The molecule has 3 heterocycles. The first-order valence-corrected chi connectivity index (χ1v) is 12.7. The van der Waals surface area contributed by atoms with Gasteiger partial charge in [0.25, 0.3) is 5.91 Å². The number of carbonyl (C=O) groups excluding carboxylic acids is 1. The van der Waals surface area contributed by atoms with Crippen LogP contribution in [0.4, 0.5) is 13.2 Å². The van der Waals surface area contributed by atoms with E-state index < -0.39 is 28.6 Å². The van der Waals surface area contributed by atoms with Crippen molar-refractivity contribution in [3.8, 4) is 5.75 Å². The Balaban J connectivity index is 1.65. The molecule has 0 saturated carbocycles. The molecule has 2 aliphatic heterocycles. The number of alkyl halides is 3. The minimum atomic E-state index is -4.42. The van der Waals surface area contributed by atoms with Gasteiger partial charge in [-0.05, 0) is 34.5 Å². The second kappa shape index (κ2) is 9.19. The summed E-state index contributed by atoms with van der Waals surface area (Å²) in [5.74, 6) is -1.05. The van der Waals surface area contributed by atoms with Gasteiger partial charge in [0, 0.05) is 35.2 Å². The highest BCUT2D eigenvalue weighted by Crippen LogP contribution is 2.42. The summed E-state index contributed by atoms with van der Waals surface area (Å²) in [5.41, 5.74) is -2.38. The van der Waals surface area contributed by atoms with Crippen LogP contribution in [0.5, 0.6) is 5.75 Å². The SMILES string of the molecule is O=C1c2c(O)c(=O)ccn2N([C@H]2c3ccccc3CSc3ccccc32)CN1CCSC(F)(F)F. The lowest BCUT2D eigenvalue weighted by molar-refractivity contribution is -0.0329. The van der Waals surface area contributed by atoms with Crippen molar-refractivity contribution in [2.24, 2.45) is 0 Å². The Morgan fingerprint density at radius 1 is 1.03 bits per heavy atom. The van der Waals surface area contributed by atoms with Crippen molar-refractivity contribution >= 4 is 29.4 Å². The molecule has 5 rings (SSSR count). The number of aromatic hydroxyl groups is 1. The summed E-state index contributed by atoms with van der Waals surface area (Å²) in [6.45, 7) is -0.225. The Morgan fingerprint density at radius 2 is 1.74 bits per heavy atom. The van der Waals surface area contributed by atoms with Crippen molar-refractivity contribution in [1.29, 1.82) is 0 Å². The topological polar surface area (TPSA) is 65.8 Å². The molecule has 0 unspecified atom stereocenters. The maximum Gasteiger partial charge on any atom is 0.441 e. The summed E-state index contributed by atoms with van der Waals surface area (Å²) in [7, 11) is 0. The van der Waals surface area contributed by atoms with E-state index in [1.807, 2.05) is 53.5 Å². The fourth-order valence-electron chi connectivity index (χ4n) is 4.45. The molecule has 0 spiro atoms. The monoisotopic (exact) mass is 519 g/mol. The first-order valence-electron chi connectivity index (χ1n) is 10.8. The normalized spacial score (nSPS) is 17.5. The van der Waals surface area contributed by atoms with E-state index in [1.165, 1.54) is 21.8 Å². The summed E-state index contributed by atoms with van der Waals surface area (Å²) in [5, 5.41) is 12.4. The molecule has 1 N–H and O–H groups in total. The summed E-state index contributed by atoms with van der Waals surface area (Å²) >= 11 is 1.47. The Morgan fingerprint density at radius 3 is 2.51 bits per heavy atom. The zero-order chi connectivity index (χ0) is 24.7. The average molecular weight is 520 g/mol. The smallest absolute Gasteiger partial charge is 0.441 e. The summed E-state index contributed by atoms with van der Waals surface area (Å²) in [4.78, 5) is 27.7. The number of fused-ring (bicyclic) bond motifs is 3. The van der Waals surface area contributed by atoms with Crippen molar-refractivity contribution in [2.75, 3.05) is 24.0 Å². The van der Waals surface area contributed by atoms with Gasteiger partial charge in [-0.25, -0.2) is 0 Å². The van der Waals surface area contributed by atoms with Crippen molar-refractivity contribution in [3.63, 3.8) is 0 Å². The molecule has 6 nitrogen and oxygen atoms in total. The average Bonchev–Trinajstić information content (AvgIpc) is 2.99. The van der Waals surface area contributed by atoms with E-state index in [2.05, 4.69) is 0 Å². The second-order valence-corrected chi connectivity index (χ2v) is 10.3. The molecule has 1 atom stereocenters. The van der Waals surface area contributed by atoms with Gasteiger partial charge >= 0.3 is 5.51 Å². The number of amides is 1. The van der Waals surface area contributed by atoms with Gasteiger partial charge in [0.15, 0.2) is 11.4 Å². The molecule has 0 radical (unpaired) electrons. The van der Waals surface area contributed by atoms with Crippen LogP contribution in [0.15, 0.2) is 70.5 Å². The van der Waals surface area contributed by atoms with E-state index in [-0.39, 0.29) is 36.4 Å². The van der Waals surface area contributed by atoms with Crippen LogP contribution in [-0.2, 0) is 5.75 Å². The minimum absolute atomic E-state index is 0.0233. The largest absolute Gasteiger partial charge is 0.502 e. The molecular weight excluding hydrogens is 499 g/mol. The van der Waals surface area contributed by atoms with Gasteiger partial charge < -0.3 is 10.0 Å². The molecule has 0 bridgehead atoms. The zero-order valence-corrected chi connectivity index (χ0v) is 19.9. The molecule has 0 aliphatic carbocycles. The number of hydrogen-bond acceptors (Lipinski definition) is 6. The number of rotatable bonds is 4. The molecule has 182 valence electrons. The maximum atomic E-state index is 13.2. The van der Waals surface area contributed by atoms with Gasteiger partial charge in [0.05, 0.1) is 6.04 Å². The molecule has 35 heavy (non-hydrogen) atoms. The van der Waals surface area contributed by atoms with Crippen LogP contribution in [0.2, 0.25) is 0 Å². The van der Waals surface area contributed by atoms with Crippen LogP contribution in [0.3, 0.4) is 0 Å². The number of benzene rings is 2. The van der Waals surface area contributed by atoms with Gasteiger partial charge in [-0.3, -0.25) is 19.3 Å². The number of nitrogens with zero attached hydrogens (tertiary/aromatic N) is 3. The van der Waals surface area contributed by atoms with Crippen LogP contribution < -0.4 is 10.4 Å². The Bertz CT molecular complexity index is 1300. The highest BCUT2D eigenvalue weighted by molar-refractivity contribution is 8.00. The van der Waals surface area contributed by atoms with E-state index >= 15 is 0 Å². The fourth-order valence-corrected chi connectivity index (χ4v) is 6.09. The van der Waals surface area contributed by atoms with E-state index in [1.54, 1.807) is 11.8 Å². The van der Waals surface area contributed by atoms with Gasteiger partial charge in [-0.15, -0.1) is 11.8 Å². The number of pyridine rings is 1. The zero-order valence-electron chi connectivity index (χ0n) is 18.2. The Kier molecular flexibility index (Phi) is 6.22. The van der Waals surface area contributed by atoms with Gasteiger partial charge in [0.1, 0.15) is 6.67 Å². The summed E-state index contributed by atoms with van der Waals surface area (Å²) < 4.78 is 39.8. The molecule has 1 aromatic heterocycles. The second-order valence-electron chi connectivity index (χ2n) is 8.09. The third-order valence-electron chi connectivity index (χ3n) is 6.01. The highest BCUT2D eigenvalue weighted by Gasteiger charge is 2.39. The lowest BCUT2D eigenvalue weighted by atomic mass is 9.94. The quantitative estimate of drug-likeness (QED) is 0.546. The van der Waals surface area contributed by atoms with E-state index in [0.717, 1.165) is 27.3 Å². The Labute approximate surface area is 207 Å². The summed E-state index contributed by atoms with van der Waals surface area (Å²) in [6, 6.07) is 16.5. The molecule has 3 aromatic rings. The third kappa shape index (κ3) is 4.50. The van der Waals surface area contributed by atoms with E-state index in [0.29, 0.717) is 0 Å². The molecular formula is C24H20F3N3O3S2. The van der Waals surface area contributed by atoms with Crippen molar-refractivity contribution < 1.29 is 23.1 Å².